The molecular formula is C11H15N3O4S. The lowest BCUT2D eigenvalue weighted by Gasteiger charge is -2.07. The number of nitro benzene ring substituents is 1. The highest BCUT2D eigenvalue weighted by Crippen LogP contribution is 2.21. The van der Waals surface area contributed by atoms with Crippen molar-refractivity contribution in [2.24, 2.45) is 5.73 Å². The van der Waals surface area contributed by atoms with Crippen LogP contribution in [0.25, 0.3) is 0 Å². The van der Waals surface area contributed by atoms with Gasteiger partial charge in [-0.2, -0.15) is 0 Å². The lowest BCUT2D eigenvalue weighted by Crippen LogP contribution is -2.24. The predicted molar refractivity (Wildman–Crippen MR) is 71.2 cm³/mol. The van der Waals surface area contributed by atoms with Gasteiger partial charge in [-0.25, -0.2) is 13.1 Å². The van der Waals surface area contributed by atoms with Crippen LogP contribution in [-0.2, 0) is 10.0 Å². The zero-order valence-corrected chi connectivity index (χ0v) is 11.2. The fraction of sp³-hybridized carbons (Fsp3) is 0.273. The van der Waals surface area contributed by atoms with Crippen LogP contribution in [0.15, 0.2) is 35.2 Å². The summed E-state index contributed by atoms with van der Waals surface area (Å²) in [6, 6.07) is 3.72. The van der Waals surface area contributed by atoms with Gasteiger partial charge in [-0.3, -0.25) is 10.1 Å². The maximum absolute atomic E-state index is 12.0. The van der Waals surface area contributed by atoms with Gasteiger partial charge in [-0.15, -0.1) is 0 Å². The molecule has 0 amide bonds. The quantitative estimate of drug-likeness (QED) is 0.453. The van der Waals surface area contributed by atoms with E-state index in [4.69, 9.17) is 5.73 Å². The number of benzene rings is 1. The van der Waals surface area contributed by atoms with Crippen LogP contribution in [0, 0.1) is 17.0 Å². The molecule has 104 valence electrons. The Kier molecular flexibility index (Phi) is 5.16. The average Bonchev–Trinajstić information content (AvgIpc) is 2.34. The van der Waals surface area contributed by atoms with Crippen molar-refractivity contribution in [2.75, 3.05) is 13.1 Å². The van der Waals surface area contributed by atoms with Crippen molar-refractivity contribution in [1.29, 1.82) is 0 Å². The molecule has 0 aliphatic rings. The summed E-state index contributed by atoms with van der Waals surface area (Å²) >= 11 is 0. The molecule has 3 N–H and O–H groups in total. The first-order valence-electron chi connectivity index (χ1n) is 5.48. The molecule has 1 aromatic rings. The number of sulfonamides is 1. The van der Waals surface area contributed by atoms with Crippen molar-refractivity contribution in [3.63, 3.8) is 0 Å². The Morgan fingerprint density at radius 3 is 2.68 bits per heavy atom. The molecule has 19 heavy (non-hydrogen) atoms. The van der Waals surface area contributed by atoms with Crippen molar-refractivity contribution in [1.82, 2.24) is 4.72 Å². The van der Waals surface area contributed by atoms with E-state index >= 15 is 0 Å². The Hall–Kier alpha value is -1.77. The molecule has 0 fully saturated rings. The maximum Gasteiger partial charge on any atom is 0.270 e. The smallest absolute Gasteiger partial charge is 0.270 e. The molecule has 0 aromatic heterocycles. The fourth-order valence-corrected chi connectivity index (χ4v) is 2.65. The first-order chi connectivity index (χ1) is 8.88. The van der Waals surface area contributed by atoms with Gasteiger partial charge in [0.1, 0.15) is 0 Å². The van der Waals surface area contributed by atoms with E-state index in [1.54, 1.807) is 19.1 Å². The Morgan fingerprint density at radius 1 is 1.42 bits per heavy atom. The second kappa shape index (κ2) is 6.41. The number of rotatable bonds is 6. The maximum atomic E-state index is 12.0. The first-order valence-corrected chi connectivity index (χ1v) is 6.96. The topological polar surface area (TPSA) is 115 Å². The summed E-state index contributed by atoms with van der Waals surface area (Å²) in [7, 11) is -3.77. The molecule has 0 aliphatic carbocycles. The third-order valence-electron chi connectivity index (χ3n) is 2.37. The van der Waals surface area contributed by atoms with Crippen molar-refractivity contribution in [2.45, 2.75) is 11.8 Å². The highest BCUT2D eigenvalue weighted by Gasteiger charge is 2.19. The number of nitro groups is 1. The number of nitrogens with zero attached hydrogens (tertiary/aromatic N) is 1. The van der Waals surface area contributed by atoms with E-state index in [-0.39, 0.29) is 17.1 Å². The highest BCUT2D eigenvalue weighted by molar-refractivity contribution is 7.89. The predicted octanol–water partition coefficient (Wildman–Crippen LogP) is 0.696. The first kappa shape index (κ1) is 15.3. The molecule has 0 radical (unpaired) electrons. The monoisotopic (exact) mass is 285 g/mol. The van der Waals surface area contributed by atoms with Gasteiger partial charge in [-0.1, -0.05) is 18.2 Å². The van der Waals surface area contributed by atoms with Gasteiger partial charge < -0.3 is 5.73 Å². The molecule has 0 spiro atoms. The van der Waals surface area contributed by atoms with Crippen LogP contribution in [0.3, 0.4) is 0 Å². The Bertz CT molecular complexity index is 596. The van der Waals surface area contributed by atoms with Gasteiger partial charge in [0, 0.05) is 25.2 Å². The number of non-ortho nitro benzene ring substituents is 1. The molecule has 0 unspecified atom stereocenters. The van der Waals surface area contributed by atoms with Crippen molar-refractivity contribution < 1.29 is 13.3 Å². The zero-order chi connectivity index (χ0) is 14.5. The van der Waals surface area contributed by atoms with Crippen LogP contribution in [0.4, 0.5) is 5.69 Å². The minimum atomic E-state index is -3.77. The largest absolute Gasteiger partial charge is 0.327 e. The minimum Gasteiger partial charge on any atom is -0.327 e. The molecule has 7 nitrogen and oxygen atoms in total. The van der Waals surface area contributed by atoms with Crippen LogP contribution < -0.4 is 10.5 Å². The summed E-state index contributed by atoms with van der Waals surface area (Å²) in [5.41, 5.74) is 5.41. The Morgan fingerprint density at radius 2 is 2.11 bits per heavy atom. The van der Waals surface area contributed by atoms with Crippen molar-refractivity contribution >= 4 is 15.7 Å². The fourth-order valence-electron chi connectivity index (χ4n) is 1.41. The van der Waals surface area contributed by atoms with Crippen LogP contribution in [-0.4, -0.2) is 26.4 Å². The van der Waals surface area contributed by atoms with Crippen LogP contribution in [0.5, 0.6) is 0 Å². The summed E-state index contributed by atoms with van der Waals surface area (Å²) in [4.78, 5) is 9.93. The zero-order valence-electron chi connectivity index (χ0n) is 10.4. The summed E-state index contributed by atoms with van der Waals surface area (Å²) in [6.07, 6.45) is 3.19. The van der Waals surface area contributed by atoms with Crippen molar-refractivity contribution in [3.05, 3.63) is 46.0 Å². The van der Waals surface area contributed by atoms with E-state index in [0.29, 0.717) is 12.1 Å². The Labute approximate surface area is 111 Å². The molecule has 0 aliphatic heterocycles. The van der Waals surface area contributed by atoms with Gasteiger partial charge >= 0.3 is 0 Å². The van der Waals surface area contributed by atoms with Gasteiger partial charge in [-0.05, 0) is 12.5 Å². The molecule has 0 saturated carbocycles. The lowest BCUT2D eigenvalue weighted by molar-refractivity contribution is -0.385. The molecule has 1 rings (SSSR count). The van der Waals surface area contributed by atoms with Crippen molar-refractivity contribution in [3.8, 4) is 0 Å². The molecule has 0 heterocycles. The van der Waals surface area contributed by atoms with E-state index in [1.165, 1.54) is 12.1 Å². The molecular weight excluding hydrogens is 270 g/mol. The van der Waals surface area contributed by atoms with E-state index in [0.717, 1.165) is 6.07 Å². The molecule has 0 atom stereocenters. The molecule has 8 heteroatoms. The average molecular weight is 285 g/mol. The van der Waals surface area contributed by atoms with Gasteiger partial charge in [0.2, 0.25) is 10.0 Å². The third-order valence-corrected chi connectivity index (χ3v) is 3.93. The van der Waals surface area contributed by atoms with E-state index in [9.17, 15) is 18.5 Å². The van der Waals surface area contributed by atoms with Crippen LogP contribution >= 0.6 is 0 Å². The van der Waals surface area contributed by atoms with E-state index < -0.39 is 14.9 Å². The SMILES string of the molecule is Cc1ccc([N+](=O)[O-])cc1S(=O)(=O)NC/C=C/CN. The summed E-state index contributed by atoms with van der Waals surface area (Å²) < 4.78 is 26.3. The van der Waals surface area contributed by atoms with Crippen LogP contribution in [0.2, 0.25) is 0 Å². The number of nitrogens with two attached hydrogens (primary N) is 1. The molecule has 0 bridgehead atoms. The second-order valence-electron chi connectivity index (χ2n) is 3.77. The highest BCUT2D eigenvalue weighted by atomic mass is 32.2. The minimum absolute atomic E-state index is 0.0850. The number of hydrogen-bond acceptors (Lipinski definition) is 5. The normalized spacial score (nSPS) is 11.9. The summed E-state index contributed by atoms with van der Waals surface area (Å²) in [5.74, 6) is 0. The molecule has 0 saturated heterocycles. The van der Waals surface area contributed by atoms with Crippen LogP contribution in [0.1, 0.15) is 5.56 Å². The summed E-state index contributed by atoms with van der Waals surface area (Å²) in [6.45, 7) is 1.98. The van der Waals surface area contributed by atoms with E-state index in [2.05, 4.69) is 4.72 Å². The van der Waals surface area contributed by atoms with Gasteiger partial charge in [0.25, 0.3) is 5.69 Å². The van der Waals surface area contributed by atoms with E-state index in [1.807, 2.05) is 0 Å². The number of aryl methyl sites for hydroxylation is 1. The third kappa shape index (κ3) is 4.12. The number of nitrogens with one attached hydrogen (secondary N) is 1. The lowest BCUT2D eigenvalue weighted by atomic mass is 10.2. The molecule has 1 aromatic carbocycles. The standard InChI is InChI=1S/C11H15N3O4S/c1-9-4-5-10(14(15)16)8-11(9)19(17,18)13-7-3-2-6-12/h2-5,8,13H,6-7,12H2,1H3/b3-2+. The Balaban J connectivity index is 3.03. The number of hydrogen-bond donors (Lipinski definition) is 2. The van der Waals surface area contributed by atoms with Gasteiger partial charge in [0.15, 0.2) is 0 Å². The second-order valence-corrected chi connectivity index (χ2v) is 5.50. The van der Waals surface area contributed by atoms with Gasteiger partial charge in [0.05, 0.1) is 9.82 Å². The summed E-state index contributed by atoms with van der Waals surface area (Å²) in [5, 5.41) is 10.7.